The van der Waals surface area contributed by atoms with Crippen LogP contribution in [0.5, 0.6) is 0 Å². The van der Waals surface area contributed by atoms with E-state index in [2.05, 4.69) is 89.1 Å². The highest BCUT2D eigenvalue weighted by atomic mass is 14.9. The smallest absolute Gasteiger partial charge is 0.0456 e. The normalized spacial score (nSPS) is 14.1. The number of benzene rings is 2. The van der Waals surface area contributed by atoms with Gasteiger partial charge in [0.2, 0.25) is 0 Å². The summed E-state index contributed by atoms with van der Waals surface area (Å²) in [5.74, 6) is 0. The van der Waals surface area contributed by atoms with Gasteiger partial charge >= 0.3 is 0 Å². The monoisotopic (exact) mass is 369 g/mol. The number of fused-ring (bicyclic) bond motifs is 1. The Morgan fingerprint density at radius 2 is 1.89 bits per heavy atom. The molecular formula is C25H27N3. The minimum Gasteiger partial charge on any atom is -0.385 e. The molecule has 0 aliphatic heterocycles. The van der Waals surface area contributed by atoms with Crippen molar-refractivity contribution in [3.63, 3.8) is 0 Å². The molecule has 3 N–H and O–H groups in total. The van der Waals surface area contributed by atoms with Crippen molar-refractivity contribution >= 4 is 22.3 Å². The Balaban J connectivity index is 1.34. The van der Waals surface area contributed by atoms with Crippen LogP contribution < -0.4 is 10.6 Å². The van der Waals surface area contributed by atoms with E-state index in [0.717, 1.165) is 36.5 Å². The van der Waals surface area contributed by atoms with Crippen molar-refractivity contribution in [2.45, 2.75) is 25.7 Å². The summed E-state index contributed by atoms with van der Waals surface area (Å²) in [6.45, 7) is 4.75. The van der Waals surface area contributed by atoms with Crippen LogP contribution in [0.4, 0.5) is 11.4 Å². The van der Waals surface area contributed by atoms with Crippen LogP contribution in [0.1, 0.15) is 24.8 Å². The van der Waals surface area contributed by atoms with Gasteiger partial charge in [0.25, 0.3) is 0 Å². The Kier molecular flexibility index (Phi) is 5.62. The third-order valence-electron chi connectivity index (χ3n) is 5.23. The zero-order valence-electron chi connectivity index (χ0n) is 16.2. The summed E-state index contributed by atoms with van der Waals surface area (Å²) in [5.41, 5.74) is 7.34. The van der Waals surface area contributed by atoms with Crippen molar-refractivity contribution in [1.82, 2.24) is 4.98 Å². The van der Waals surface area contributed by atoms with E-state index in [9.17, 15) is 0 Å². The number of rotatable bonds is 8. The Bertz CT molecular complexity index is 1010. The molecule has 1 aromatic heterocycles. The van der Waals surface area contributed by atoms with Gasteiger partial charge in [-0.3, -0.25) is 0 Å². The number of H-pyrrole nitrogens is 1. The molecule has 0 spiro atoms. The van der Waals surface area contributed by atoms with E-state index in [4.69, 9.17) is 0 Å². The van der Waals surface area contributed by atoms with Gasteiger partial charge in [-0.15, -0.1) is 0 Å². The van der Waals surface area contributed by atoms with Crippen LogP contribution in [0.3, 0.4) is 0 Å². The van der Waals surface area contributed by atoms with Crippen LogP contribution in [-0.4, -0.2) is 11.5 Å². The number of aromatic amines is 1. The van der Waals surface area contributed by atoms with E-state index in [1.165, 1.54) is 34.9 Å². The van der Waals surface area contributed by atoms with E-state index >= 15 is 0 Å². The number of nitrogens with one attached hydrogen (secondary N) is 3. The molecule has 1 heterocycles. The van der Waals surface area contributed by atoms with Gasteiger partial charge in [-0.1, -0.05) is 36.9 Å². The fourth-order valence-corrected chi connectivity index (χ4v) is 3.77. The first-order valence-corrected chi connectivity index (χ1v) is 10.0. The van der Waals surface area contributed by atoms with Gasteiger partial charge in [0.05, 0.1) is 0 Å². The summed E-state index contributed by atoms with van der Waals surface area (Å²) in [6.07, 6.45) is 12.9. The largest absolute Gasteiger partial charge is 0.385 e. The standard InChI is InChI=1S/C25H27N3/c1-2-7-24(19-8-3-4-9-19)28-22-14-12-21(13-15-22)26-17-16-20-18-27-25-11-6-5-10-23(20)25/h2,5-8,10-15,18,26-28H,1,3-4,9,16-17H2/b24-7+. The third kappa shape index (κ3) is 4.20. The fourth-order valence-electron chi connectivity index (χ4n) is 3.77. The van der Waals surface area contributed by atoms with E-state index in [1.807, 2.05) is 6.08 Å². The lowest BCUT2D eigenvalue weighted by Crippen LogP contribution is -2.05. The first-order valence-electron chi connectivity index (χ1n) is 10.0. The Hall–Kier alpha value is -3.20. The summed E-state index contributed by atoms with van der Waals surface area (Å²) in [7, 11) is 0. The molecule has 3 aromatic rings. The molecule has 0 bridgehead atoms. The van der Waals surface area contributed by atoms with Gasteiger partial charge in [0, 0.05) is 40.7 Å². The molecule has 0 amide bonds. The summed E-state index contributed by atoms with van der Waals surface area (Å²) in [4.78, 5) is 3.34. The molecule has 0 unspecified atom stereocenters. The second kappa shape index (κ2) is 8.66. The van der Waals surface area contributed by atoms with E-state index in [-0.39, 0.29) is 0 Å². The van der Waals surface area contributed by atoms with Crippen LogP contribution in [0.25, 0.3) is 10.9 Å². The first-order chi connectivity index (χ1) is 13.8. The second-order valence-corrected chi connectivity index (χ2v) is 7.18. The molecule has 0 atom stereocenters. The third-order valence-corrected chi connectivity index (χ3v) is 5.23. The Labute approximate surface area is 166 Å². The molecule has 0 saturated carbocycles. The highest BCUT2D eigenvalue weighted by molar-refractivity contribution is 5.83. The molecular weight excluding hydrogens is 342 g/mol. The quantitative estimate of drug-likeness (QED) is 0.401. The molecule has 3 heteroatoms. The predicted octanol–water partition coefficient (Wildman–Crippen LogP) is 6.41. The van der Waals surface area contributed by atoms with E-state index < -0.39 is 0 Å². The predicted molar refractivity (Wildman–Crippen MR) is 121 cm³/mol. The Morgan fingerprint density at radius 3 is 2.68 bits per heavy atom. The lowest BCUT2D eigenvalue weighted by Gasteiger charge is -2.13. The maximum atomic E-state index is 3.85. The van der Waals surface area contributed by atoms with Crippen LogP contribution in [0.2, 0.25) is 0 Å². The van der Waals surface area contributed by atoms with E-state index in [0.29, 0.717) is 0 Å². The zero-order valence-corrected chi connectivity index (χ0v) is 16.2. The SMILES string of the molecule is C=C/C=C(/Nc1ccc(NCCc2c[nH]c3ccccc23)cc1)C1=CCCC1. The average Bonchev–Trinajstić information content (AvgIpc) is 3.39. The first kappa shape index (κ1) is 18.2. The highest BCUT2D eigenvalue weighted by Crippen LogP contribution is 2.26. The van der Waals surface area contributed by atoms with Crippen molar-refractivity contribution in [3.05, 3.63) is 96.4 Å². The summed E-state index contributed by atoms with van der Waals surface area (Å²) in [6, 6.07) is 17.0. The maximum absolute atomic E-state index is 3.85. The number of anilines is 2. The molecule has 0 saturated heterocycles. The Morgan fingerprint density at radius 1 is 1.07 bits per heavy atom. The summed E-state index contributed by atoms with van der Waals surface area (Å²) >= 11 is 0. The van der Waals surface area contributed by atoms with Crippen LogP contribution >= 0.6 is 0 Å². The number of hydrogen-bond acceptors (Lipinski definition) is 2. The van der Waals surface area contributed by atoms with Gasteiger partial charge in [0.15, 0.2) is 0 Å². The van der Waals surface area contributed by atoms with Crippen LogP contribution in [0, 0.1) is 0 Å². The summed E-state index contributed by atoms with van der Waals surface area (Å²) in [5, 5.41) is 8.37. The van der Waals surface area contributed by atoms with Gasteiger partial charge in [-0.05, 0) is 73.2 Å². The van der Waals surface area contributed by atoms with Crippen molar-refractivity contribution in [2.24, 2.45) is 0 Å². The zero-order chi connectivity index (χ0) is 19.2. The van der Waals surface area contributed by atoms with Gasteiger partial charge in [-0.25, -0.2) is 0 Å². The van der Waals surface area contributed by atoms with Gasteiger partial charge in [-0.2, -0.15) is 0 Å². The molecule has 0 radical (unpaired) electrons. The van der Waals surface area contributed by atoms with Crippen molar-refractivity contribution in [2.75, 3.05) is 17.2 Å². The number of aromatic nitrogens is 1. The number of allylic oxidation sites excluding steroid dienone is 4. The molecule has 142 valence electrons. The molecule has 2 aromatic carbocycles. The topological polar surface area (TPSA) is 39.8 Å². The molecule has 28 heavy (non-hydrogen) atoms. The molecule has 3 nitrogen and oxygen atoms in total. The average molecular weight is 370 g/mol. The number of para-hydroxylation sites is 1. The number of hydrogen-bond donors (Lipinski definition) is 3. The fraction of sp³-hybridized carbons (Fsp3) is 0.200. The van der Waals surface area contributed by atoms with Crippen LogP contribution in [-0.2, 0) is 6.42 Å². The molecule has 4 rings (SSSR count). The van der Waals surface area contributed by atoms with E-state index in [1.54, 1.807) is 0 Å². The van der Waals surface area contributed by atoms with Crippen molar-refractivity contribution in [3.8, 4) is 0 Å². The van der Waals surface area contributed by atoms with Gasteiger partial charge in [0.1, 0.15) is 0 Å². The minimum absolute atomic E-state index is 0.906. The maximum Gasteiger partial charge on any atom is 0.0456 e. The molecule has 1 aliphatic rings. The lowest BCUT2D eigenvalue weighted by molar-refractivity contribution is 0.910. The van der Waals surface area contributed by atoms with Gasteiger partial charge < -0.3 is 15.6 Å². The highest BCUT2D eigenvalue weighted by Gasteiger charge is 2.09. The molecule has 1 aliphatic carbocycles. The van der Waals surface area contributed by atoms with Crippen molar-refractivity contribution < 1.29 is 0 Å². The second-order valence-electron chi connectivity index (χ2n) is 7.18. The lowest BCUT2D eigenvalue weighted by atomic mass is 10.1. The van der Waals surface area contributed by atoms with Crippen molar-refractivity contribution in [1.29, 1.82) is 0 Å². The van der Waals surface area contributed by atoms with Crippen LogP contribution in [0.15, 0.2) is 90.8 Å². The summed E-state index contributed by atoms with van der Waals surface area (Å²) < 4.78 is 0. The minimum atomic E-state index is 0.906. The molecule has 0 fully saturated rings.